The minimum atomic E-state index is 0.428. The maximum atomic E-state index is 4.88. The average molecular weight is 139 g/mol. The maximum absolute atomic E-state index is 4.88. The van der Waals surface area contributed by atoms with Gasteiger partial charge in [0.1, 0.15) is 13.0 Å². The lowest BCUT2D eigenvalue weighted by atomic mass is 10.9. The smallest absolute Gasteiger partial charge is 0.339 e. The third-order valence-electron chi connectivity index (χ3n) is 1.11. The number of rotatable bonds is 1. The topological polar surface area (TPSA) is 66.5 Å². The zero-order valence-corrected chi connectivity index (χ0v) is 5.06. The number of aliphatic imine (C=N–C) groups is 1. The highest BCUT2D eigenvalue weighted by atomic mass is 16.4. The van der Waals surface area contributed by atoms with Crippen molar-refractivity contribution in [2.75, 3.05) is 11.7 Å². The lowest BCUT2D eigenvalue weighted by molar-refractivity contribution is 0.531. The highest BCUT2D eigenvalue weighted by Gasteiger charge is 2.11. The third kappa shape index (κ3) is 0.697. The molecule has 1 aliphatic rings. The van der Waals surface area contributed by atoms with E-state index >= 15 is 0 Å². The summed E-state index contributed by atoms with van der Waals surface area (Å²) in [5.74, 6) is 0. The van der Waals surface area contributed by atoms with E-state index in [-0.39, 0.29) is 0 Å². The Morgan fingerprint density at radius 2 is 2.70 bits per heavy atom. The van der Waals surface area contributed by atoms with Crippen LogP contribution < -0.4 is 10.4 Å². The van der Waals surface area contributed by atoms with Gasteiger partial charge in [-0.25, -0.2) is 5.01 Å². The van der Waals surface area contributed by atoms with E-state index in [1.807, 2.05) is 0 Å². The summed E-state index contributed by atoms with van der Waals surface area (Å²) in [6.07, 6.45) is 2.85. The Kier molecular flexibility index (Phi) is 1.03. The van der Waals surface area contributed by atoms with Crippen LogP contribution in [0.5, 0.6) is 0 Å². The number of anilines is 1. The second-order valence-electron chi connectivity index (χ2n) is 1.73. The fraction of sp³-hybridized carbons (Fsp3) is 0.250. The number of hydrogen-bond donors (Lipinski definition) is 1. The maximum Gasteiger partial charge on any atom is 0.339 e. The molecular formula is C4H5N5O. The standard InChI is InChI=1S/C4H5N5O/c1-5-2-9(7-1)4-8-6-3-10-4/h1,3H,2H2,(H,5,7). The summed E-state index contributed by atoms with van der Waals surface area (Å²) in [6, 6.07) is 0.428. The summed E-state index contributed by atoms with van der Waals surface area (Å²) < 4.78 is 4.88. The fourth-order valence-corrected chi connectivity index (χ4v) is 0.674. The Morgan fingerprint density at radius 3 is 3.30 bits per heavy atom. The van der Waals surface area contributed by atoms with E-state index in [0.29, 0.717) is 12.7 Å². The van der Waals surface area contributed by atoms with E-state index < -0.39 is 0 Å². The molecule has 1 aromatic rings. The van der Waals surface area contributed by atoms with Crippen LogP contribution in [0.2, 0.25) is 0 Å². The highest BCUT2D eigenvalue weighted by Crippen LogP contribution is 2.06. The Balaban J connectivity index is 2.14. The van der Waals surface area contributed by atoms with Crippen molar-refractivity contribution in [3.8, 4) is 0 Å². The van der Waals surface area contributed by atoms with E-state index in [4.69, 9.17) is 4.42 Å². The number of nitrogens with one attached hydrogen (secondary N) is 1. The van der Waals surface area contributed by atoms with E-state index in [1.165, 1.54) is 6.39 Å². The molecule has 0 bridgehead atoms. The molecule has 10 heavy (non-hydrogen) atoms. The van der Waals surface area contributed by atoms with Crippen molar-refractivity contribution in [3.63, 3.8) is 0 Å². The van der Waals surface area contributed by atoms with Crippen LogP contribution in [-0.2, 0) is 0 Å². The summed E-state index contributed by atoms with van der Waals surface area (Å²) in [7, 11) is 0. The molecule has 0 aliphatic carbocycles. The van der Waals surface area contributed by atoms with Crippen molar-refractivity contribution >= 4 is 12.4 Å². The number of hydrogen-bond acceptors (Lipinski definition) is 6. The van der Waals surface area contributed by atoms with Gasteiger partial charge in [-0.05, 0) is 0 Å². The molecule has 0 saturated carbocycles. The highest BCUT2D eigenvalue weighted by molar-refractivity contribution is 5.60. The van der Waals surface area contributed by atoms with E-state index in [2.05, 4.69) is 20.6 Å². The van der Waals surface area contributed by atoms with Crippen LogP contribution in [0.3, 0.4) is 0 Å². The first-order chi connectivity index (χ1) is 4.97. The molecule has 6 heteroatoms. The van der Waals surface area contributed by atoms with Crippen molar-refractivity contribution in [3.05, 3.63) is 6.39 Å². The SMILES string of the molecule is C1=NCN(c2nnco2)N1. The van der Waals surface area contributed by atoms with Crippen LogP contribution in [0, 0.1) is 0 Å². The average Bonchev–Trinajstić information content (AvgIpc) is 2.59. The zero-order valence-electron chi connectivity index (χ0n) is 5.06. The van der Waals surface area contributed by atoms with Gasteiger partial charge in [0.2, 0.25) is 6.39 Å². The molecule has 2 heterocycles. The first-order valence-corrected chi connectivity index (χ1v) is 2.75. The molecule has 0 radical (unpaired) electrons. The number of nitrogens with zero attached hydrogens (tertiary/aromatic N) is 4. The Hall–Kier alpha value is -1.59. The van der Waals surface area contributed by atoms with Gasteiger partial charge in [-0.15, -0.1) is 5.10 Å². The predicted octanol–water partition coefficient (Wildman–Crippen LogP) is -0.620. The normalized spacial score (nSPS) is 15.8. The molecule has 2 rings (SSSR count). The van der Waals surface area contributed by atoms with Crippen LogP contribution in [-0.4, -0.2) is 23.2 Å². The summed E-state index contributed by atoms with van der Waals surface area (Å²) in [5.41, 5.74) is 2.80. The minimum Gasteiger partial charge on any atom is -0.410 e. The molecule has 1 aliphatic heterocycles. The van der Waals surface area contributed by atoms with Crippen LogP contribution >= 0.6 is 0 Å². The quantitative estimate of drug-likeness (QED) is 0.561. The Labute approximate surface area is 56.5 Å². The molecular weight excluding hydrogens is 134 g/mol. The first-order valence-electron chi connectivity index (χ1n) is 2.75. The summed E-state index contributed by atoms with van der Waals surface area (Å²) >= 11 is 0. The molecule has 6 nitrogen and oxygen atoms in total. The summed E-state index contributed by atoms with van der Waals surface area (Å²) in [4.78, 5) is 3.88. The van der Waals surface area contributed by atoms with Gasteiger partial charge in [0.25, 0.3) is 0 Å². The molecule has 52 valence electrons. The van der Waals surface area contributed by atoms with Crippen LogP contribution in [0.1, 0.15) is 0 Å². The van der Waals surface area contributed by atoms with Gasteiger partial charge in [0, 0.05) is 0 Å². The minimum absolute atomic E-state index is 0.428. The molecule has 0 fully saturated rings. The van der Waals surface area contributed by atoms with Gasteiger partial charge >= 0.3 is 6.01 Å². The molecule has 0 amide bonds. The van der Waals surface area contributed by atoms with Crippen molar-refractivity contribution < 1.29 is 4.42 Å². The number of aromatic nitrogens is 2. The Bertz CT molecular complexity index is 222. The van der Waals surface area contributed by atoms with Crippen molar-refractivity contribution in [1.82, 2.24) is 15.6 Å². The molecule has 0 atom stereocenters. The van der Waals surface area contributed by atoms with Gasteiger partial charge < -0.3 is 4.42 Å². The lowest BCUT2D eigenvalue weighted by Gasteiger charge is -2.08. The largest absolute Gasteiger partial charge is 0.410 e. The fourth-order valence-electron chi connectivity index (χ4n) is 0.674. The van der Waals surface area contributed by atoms with E-state index in [0.717, 1.165) is 0 Å². The van der Waals surface area contributed by atoms with Gasteiger partial charge in [-0.1, -0.05) is 5.10 Å². The van der Waals surface area contributed by atoms with Gasteiger partial charge in [-0.2, -0.15) is 0 Å². The molecule has 0 aromatic carbocycles. The zero-order chi connectivity index (χ0) is 6.81. The van der Waals surface area contributed by atoms with Crippen LogP contribution in [0.4, 0.5) is 6.01 Å². The second-order valence-corrected chi connectivity index (χ2v) is 1.73. The predicted molar refractivity (Wildman–Crippen MR) is 33.3 cm³/mol. The third-order valence-corrected chi connectivity index (χ3v) is 1.11. The second kappa shape index (κ2) is 1.98. The van der Waals surface area contributed by atoms with Gasteiger partial charge in [0.05, 0.1) is 0 Å². The van der Waals surface area contributed by atoms with Crippen LogP contribution in [0.15, 0.2) is 15.8 Å². The molecule has 0 saturated heterocycles. The van der Waals surface area contributed by atoms with Gasteiger partial charge in [-0.3, -0.25) is 10.4 Å². The van der Waals surface area contributed by atoms with E-state index in [9.17, 15) is 0 Å². The van der Waals surface area contributed by atoms with Gasteiger partial charge in [0.15, 0.2) is 0 Å². The monoisotopic (exact) mass is 139 g/mol. The van der Waals surface area contributed by atoms with E-state index in [1.54, 1.807) is 11.3 Å². The van der Waals surface area contributed by atoms with Crippen LogP contribution in [0.25, 0.3) is 0 Å². The lowest BCUT2D eigenvalue weighted by Crippen LogP contribution is -2.31. The molecule has 0 unspecified atom stereocenters. The number of hydrazine groups is 1. The summed E-state index contributed by atoms with van der Waals surface area (Å²) in [5, 5.41) is 8.81. The van der Waals surface area contributed by atoms with Crippen molar-refractivity contribution in [2.24, 2.45) is 4.99 Å². The Morgan fingerprint density at radius 1 is 1.70 bits per heavy atom. The summed E-state index contributed by atoms with van der Waals surface area (Å²) in [6.45, 7) is 0.516. The van der Waals surface area contributed by atoms with Crippen molar-refractivity contribution in [1.29, 1.82) is 0 Å². The molecule has 1 aromatic heterocycles. The first kappa shape index (κ1) is 5.21. The molecule has 0 spiro atoms. The molecule has 1 N–H and O–H groups in total. The van der Waals surface area contributed by atoms with Crippen molar-refractivity contribution in [2.45, 2.75) is 0 Å².